The van der Waals surface area contributed by atoms with E-state index < -0.39 is 0 Å². The number of nitrogens with one attached hydrogen (secondary N) is 2. The lowest BCUT2D eigenvalue weighted by atomic mass is 9.96. The fourth-order valence-electron chi connectivity index (χ4n) is 3.22. The summed E-state index contributed by atoms with van der Waals surface area (Å²) in [5.74, 6) is 1.03. The minimum absolute atomic E-state index is 0.00584. The lowest BCUT2D eigenvalue weighted by molar-refractivity contribution is -0.138. The molecule has 0 saturated carbocycles. The molecule has 2 aliphatic rings. The second kappa shape index (κ2) is 10.4. The number of hydrogen-bond donors (Lipinski definition) is 2. The van der Waals surface area contributed by atoms with E-state index in [0.29, 0.717) is 18.4 Å². The third-order valence-electron chi connectivity index (χ3n) is 4.95. The zero-order valence-corrected chi connectivity index (χ0v) is 16.0. The molecule has 0 aromatic heterocycles. The van der Waals surface area contributed by atoms with E-state index in [2.05, 4.69) is 15.6 Å². The highest BCUT2D eigenvalue weighted by atomic mass is 16.5. The maximum atomic E-state index is 12.6. The van der Waals surface area contributed by atoms with Crippen LogP contribution < -0.4 is 10.6 Å². The second-order valence-corrected chi connectivity index (χ2v) is 6.77. The van der Waals surface area contributed by atoms with E-state index in [1.807, 2.05) is 11.9 Å². The molecule has 146 valence electrons. The first kappa shape index (κ1) is 20.5. The van der Waals surface area contributed by atoms with Crippen molar-refractivity contribution in [1.29, 1.82) is 0 Å². The summed E-state index contributed by atoms with van der Waals surface area (Å²) in [5, 5.41) is 6.63. The molecule has 26 heavy (non-hydrogen) atoms. The largest absolute Gasteiger partial charge is 0.382 e. The van der Waals surface area contributed by atoms with Crippen LogP contribution in [0.15, 0.2) is 17.3 Å². The van der Waals surface area contributed by atoms with Gasteiger partial charge in [-0.15, -0.1) is 0 Å². The third kappa shape index (κ3) is 5.89. The maximum absolute atomic E-state index is 12.6. The van der Waals surface area contributed by atoms with E-state index in [9.17, 15) is 9.59 Å². The molecule has 2 rings (SSSR count). The molecule has 0 aliphatic carbocycles. The monoisotopic (exact) mass is 365 g/mol. The first-order chi connectivity index (χ1) is 12.5. The fourth-order valence-corrected chi connectivity index (χ4v) is 3.22. The van der Waals surface area contributed by atoms with Gasteiger partial charge in [-0.2, -0.15) is 0 Å². The van der Waals surface area contributed by atoms with E-state index in [1.54, 1.807) is 26.3 Å². The number of likely N-dealkylation sites (tertiary alicyclic amines) is 1. The third-order valence-corrected chi connectivity index (χ3v) is 4.95. The van der Waals surface area contributed by atoms with Crippen LogP contribution in [0.4, 0.5) is 0 Å². The Hall–Kier alpha value is -1.77. The number of piperidine rings is 1. The van der Waals surface area contributed by atoms with E-state index in [1.165, 1.54) is 4.90 Å². The molecule has 1 fully saturated rings. The molecule has 1 saturated heterocycles. The van der Waals surface area contributed by atoms with Crippen molar-refractivity contribution in [3.63, 3.8) is 0 Å². The smallest absolute Gasteiger partial charge is 0.242 e. The first-order valence-electron chi connectivity index (χ1n) is 9.22. The van der Waals surface area contributed by atoms with Crippen LogP contribution >= 0.6 is 0 Å². The highest BCUT2D eigenvalue weighted by Gasteiger charge is 2.27. The molecular weight excluding hydrogens is 334 g/mol. The van der Waals surface area contributed by atoms with Gasteiger partial charge >= 0.3 is 0 Å². The molecule has 2 N–H and O–H groups in total. The van der Waals surface area contributed by atoms with Gasteiger partial charge in [0.15, 0.2) is 0 Å². The highest BCUT2D eigenvalue weighted by Crippen LogP contribution is 2.17. The molecule has 0 aromatic carbocycles. The Bertz CT molecular complexity index is 541. The van der Waals surface area contributed by atoms with Crippen molar-refractivity contribution in [2.45, 2.75) is 32.4 Å². The van der Waals surface area contributed by atoms with Crippen molar-refractivity contribution in [3.05, 3.63) is 12.3 Å². The van der Waals surface area contributed by atoms with Gasteiger partial charge in [0, 0.05) is 32.8 Å². The summed E-state index contributed by atoms with van der Waals surface area (Å²) in [4.78, 5) is 32.2. The van der Waals surface area contributed by atoms with Crippen molar-refractivity contribution >= 4 is 17.6 Å². The summed E-state index contributed by atoms with van der Waals surface area (Å²) in [6.07, 6.45) is 5.70. The average molecular weight is 365 g/mol. The minimum atomic E-state index is -0.0799. The Morgan fingerprint density at radius 1 is 1.42 bits per heavy atom. The van der Waals surface area contributed by atoms with Crippen LogP contribution in [-0.2, 0) is 14.3 Å². The molecule has 0 aromatic rings. The molecule has 0 spiro atoms. The van der Waals surface area contributed by atoms with Gasteiger partial charge in [-0.05, 0) is 39.3 Å². The van der Waals surface area contributed by atoms with Crippen LogP contribution in [0.25, 0.3) is 0 Å². The number of ether oxygens (including phenoxy) is 1. The molecule has 0 radical (unpaired) electrons. The molecule has 2 aliphatic heterocycles. The number of rotatable bonds is 8. The van der Waals surface area contributed by atoms with Crippen molar-refractivity contribution in [3.8, 4) is 0 Å². The summed E-state index contributed by atoms with van der Waals surface area (Å²) in [5.41, 5.74) is 0. The number of hydrogen-bond acceptors (Lipinski definition) is 6. The summed E-state index contributed by atoms with van der Waals surface area (Å²) < 4.78 is 5.16. The van der Waals surface area contributed by atoms with E-state index in [0.717, 1.165) is 32.5 Å². The highest BCUT2D eigenvalue weighted by molar-refractivity contribution is 6.01. The zero-order valence-electron chi connectivity index (χ0n) is 16.0. The van der Waals surface area contributed by atoms with E-state index in [-0.39, 0.29) is 30.9 Å². The first-order valence-corrected chi connectivity index (χ1v) is 9.22. The average Bonchev–Trinajstić information content (AvgIpc) is 2.81. The molecule has 1 unspecified atom stereocenters. The van der Waals surface area contributed by atoms with Crippen LogP contribution in [0.2, 0.25) is 0 Å². The van der Waals surface area contributed by atoms with E-state index >= 15 is 0 Å². The van der Waals surface area contributed by atoms with Gasteiger partial charge in [0.1, 0.15) is 12.4 Å². The maximum Gasteiger partial charge on any atom is 0.242 e. The van der Waals surface area contributed by atoms with Crippen LogP contribution in [0.1, 0.15) is 26.2 Å². The van der Waals surface area contributed by atoms with Crippen LogP contribution in [0, 0.1) is 5.92 Å². The van der Waals surface area contributed by atoms with Crippen molar-refractivity contribution in [2.75, 3.05) is 46.9 Å². The van der Waals surface area contributed by atoms with Gasteiger partial charge in [0.2, 0.25) is 11.8 Å². The molecule has 0 bridgehead atoms. The molecule has 8 heteroatoms. The summed E-state index contributed by atoms with van der Waals surface area (Å²) >= 11 is 0. The van der Waals surface area contributed by atoms with E-state index in [4.69, 9.17) is 4.74 Å². The SMILES string of the molecule is CNC(COC)NCC1CCN(C(=O)CN2C(=O)CC=CN=C2C)CC1. The number of nitrogens with zero attached hydrogens (tertiary/aromatic N) is 3. The van der Waals surface area contributed by atoms with Crippen LogP contribution in [-0.4, -0.2) is 80.6 Å². The normalized spacial score (nSPS) is 20.1. The molecule has 8 nitrogen and oxygen atoms in total. The summed E-state index contributed by atoms with van der Waals surface area (Å²) in [6, 6.07) is 0. The zero-order chi connectivity index (χ0) is 18.9. The molecule has 2 heterocycles. The number of amides is 2. The van der Waals surface area contributed by atoms with Gasteiger partial charge in [-0.1, -0.05) is 6.08 Å². The van der Waals surface area contributed by atoms with Crippen LogP contribution in [0.5, 0.6) is 0 Å². The van der Waals surface area contributed by atoms with Gasteiger partial charge in [0.05, 0.1) is 12.8 Å². The van der Waals surface area contributed by atoms with Gasteiger partial charge in [-0.3, -0.25) is 19.8 Å². The quantitative estimate of drug-likeness (QED) is 0.599. The van der Waals surface area contributed by atoms with Crippen molar-refractivity contribution in [2.24, 2.45) is 10.9 Å². The molecule has 1 atom stereocenters. The Kier molecular flexibility index (Phi) is 8.21. The number of aliphatic imine (C=N–C) groups is 1. The Labute approximate surface area is 155 Å². The standard InChI is InChI=1S/C18H31N5O3/c1-14-20-8-4-5-17(24)23(14)12-18(25)22-9-6-15(7-10-22)11-21-16(19-2)13-26-3/h4,8,15-16,19,21H,5-7,9-13H2,1-3H3. The van der Waals surface area contributed by atoms with Crippen molar-refractivity contribution < 1.29 is 14.3 Å². The Balaban J connectivity index is 1.76. The summed E-state index contributed by atoms with van der Waals surface area (Å²) in [6.45, 7) is 4.82. The topological polar surface area (TPSA) is 86.3 Å². The predicted octanol–water partition coefficient (Wildman–Crippen LogP) is 0.171. The van der Waals surface area contributed by atoms with Gasteiger partial charge < -0.3 is 15.0 Å². The Morgan fingerprint density at radius 3 is 2.81 bits per heavy atom. The predicted molar refractivity (Wildman–Crippen MR) is 101 cm³/mol. The molecular formula is C18H31N5O3. The van der Waals surface area contributed by atoms with Crippen LogP contribution in [0.3, 0.4) is 0 Å². The van der Waals surface area contributed by atoms with Gasteiger partial charge in [-0.25, -0.2) is 4.99 Å². The van der Waals surface area contributed by atoms with Crippen molar-refractivity contribution in [1.82, 2.24) is 20.4 Å². The second-order valence-electron chi connectivity index (χ2n) is 6.77. The lowest BCUT2D eigenvalue weighted by Crippen LogP contribution is -2.49. The Morgan fingerprint density at radius 2 is 2.15 bits per heavy atom. The summed E-state index contributed by atoms with van der Waals surface area (Å²) in [7, 11) is 3.59. The number of carbonyl (C=O) groups excluding carboxylic acids is 2. The number of methoxy groups -OCH3 is 1. The van der Waals surface area contributed by atoms with Gasteiger partial charge in [0.25, 0.3) is 0 Å². The fraction of sp³-hybridized carbons (Fsp3) is 0.722. The molecule has 2 amide bonds. The number of carbonyl (C=O) groups is 2. The minimum Gasteiger partial charge on any atom is -0.382 e. The number of amidine groups is 1. The lowest BCUT2D eigenvalue weighted by Gasteiger charge is -2.34. The number of likely N-dealkylation sites (N-methyl/N-ethyl adjacent to an activating group) is 1.